The van der Waals surface area contributed by atoms with Crippen molar-refractivity contribution in [3.05, 3.63) is 111 Å². The summed E-state index contributed by atoms with van der Waals surface area (Å²) in [6.07, 6.45) is -4.61. The first-order chi connectivity index (χ1) is 22.5. The largest absolute Gasteiger partial charge is 0.468 e. The molecule has 4 rings (SSSR count). The van der Waals surface area contributed by atoms with E-state index >= 15 is 4.39 Å². The van der Waals surface area contributed by atoms with Crippen LogP contribution in [0.2, 0.25) is 0 Å². The van der Waals surface area contributed by atoms with Gasteiger partial charge in [0.25, 0.3) is 0 Å². The minimum atomic E-state index is -4.61. The molecule has 13 heteroatoms. The molecule has 1 heterocycles. The monoisotopic (exact) mass is 689 g/mol. The van der Waals surface area contributed by atoms with Crippen molar-refractivity contribution in [3.8, 4) is 11.1 Å². The van der Waals surface area contributed by atoms with Crippen molar-refractivity contribution >= 4 is 21.8 Å². The van der Waals surface area contributed by atoms with Crippen LogP contribution in [0.4, 0.5) is 17.6 Å². The lowest BCUT2D eigenvalue weighted by atomic mass is 9.99. The van der Waals surface area contributed by atoms with Gasteiger partial charge in [0.1, 0.15) is 18.2 Å². The molecule has 0 atom stereocenters. The maximum Gasteiger partial charge on any atom is 0.449 e. The van der Waals surface area contributed by atoms with E-state index < -0.39 is 62.3 Å². The van der Waals surface area contributed by atoms with Gasteiger partial charge in [0, 0.05) is 25.6 Å². The molecule has 0 N–H and O–H groups in total. The SMILES string of the molecule is COC(=O)CS(=O)(=O)c1cc(-c2ccc(CN(Cc3ccc(C(F)(F)F)o3)Cc3c(C)cc(C)cc3C)cc2)cc(F)c1COC(C)=O. The van der Waals surface area contributed by atoms with E-state index in [1.54, 1.807) is 24.3 Å². The Morgan fingerprint density at radius 1 is 0.854 bits per heavy atom. The average molecular weight is 690 g/mol. The summed E-state index contributed by atoms with van der Waals surface area (Å²) in [6.45, 7) is 7.19. The summed E-state index contributed by atoms with van der Waals surface area (Å²) in [4.78, 5) is 24.6. The Morgan fingerprint density at radius 3 is 2.06 bits per heavy atom. The second kappa shape index (κ2) is 14.7. The number of rotatable bonds is 12. The van der Waals surface area contributed by atoms with Gasteiger partial charge in [-0.05, 0) is 78.4 Å². The minimum Gasteiger partial charge on any atom is -0.468 e. The van der Waals surface area contributed by atoms with Crippen molar-refractivity contribution in [2.45, 2.75) is 65.0 Å². The van der Waals surface area contributed by atoms with Crippen LogP contribution in [0.1, 0.15) is 51.8 Å². The lowest BCUT2D eigenvalue weighted by molar-refractivity contribution is -0.153. The molecular formula is C35H35F4NO7S. The van der Waals surface area contributed by atoms with Crippen molar-refractivity contribution in [3.63, 3.8) is 0 Å². The Kier molecular flexibility index (Phi) is 11.2. The predicted molar refractivity (Wildman–Crippen MR) is 169 cm³/mol. The van der Waals surface area contributed by atoms with Crippen LogP contribution in [0.5, 0.6) is 0 Å². The van der Waals surface area contributed by atoms with Crippen molar-refractivity contribution in [2.24, 2.45) is 0 Å². The number of esters is 2. The molecule has 0 unspecified atom stereocenters. The van der Waals surface area contributed by atoms with Crippen LogP contribution in [-0.4, -0.2) is 38.1 Å². The molecule has 0 bridgehead atoms. The molecule has 0 spiro atoms. The third kappa shape index (κ3) is 9.10. The molecular weight excluding hydrogens is 654 g/mol. The number of benzene rings is 3. The van der Waals surface area contributed by atoms with Crippen LogP contribution in [0.25, 0.3) is 11.1 Å². The lowest BCUT2D eigenvalue weighted by Gasteiger charge is -2.24. The van der Waals surface area contributed by atoms with Crippen molar-refractivity contribution in [1.82, 2.24) is 4.90 Å². The van der Waals surface area contributed by atoms with Gasteiger partial charge in [-0.15, -0.1) is 0 Å². The van der Waals surface area contributed by atoms with E-state index in [-0.39, 0.29) is 17.9 Å². The Morgan fingerprint density at radius 2 is 1.50 bits per heavy atom. The standard InChI is InChI=1S/C35H35F4NO7S/c1-21-12-22(2)29(23(3)13-21)18-40(17-28-10-11-33(47-28)35(37,38)39)16-25-6-8-26(9-7-25)27-14-31(36)30(19-46-24(4)41)32(15-27)48(43,44)20-34(42)45-5/h6-15H,16-20H2,1-5H3. The van der Waals surface area contributed by atoms with Gasteiger partial charge < -0.3 is 13.9 Å². The average Bonchev–Trinajstić information content (AvgIpc) is 3.47. The zero-order valence-corrected chi connectivity index (χ0v) is 27.9. The molecule has 0 saturated carbocycles. The third-order valence-corrected chi connectivity index (χ3v) is 9.33. The van der Waals surface area contributed by atoms with Crippen molar-refractivity contribution in [2.75, 3.05) is 12.9 Å². The molecule has 0 amide bonds. The topological polar surface area (TPSA) is 103 Å². The van der Waals surface area contributed by atoms with Crippen LogP contribution >= 0.6 is 0 Å². The van der Waals surface area contributed by atoms with Gasteiger partial charge in [-0.25, -0.2) is 12.8 Å². The quantitative estimate of drug-likeness (QED) is 0.113. The number of nitrogens with zero attached hydrogens (tertiary/aromatic N) is 1. The maximum atomic E-state index is 15.4. The summed E-state index contributed by atoms with van der Waals surface area (Å²) >= 11 is 0. The Balaban J connectivity index is 1.67. The first-order valence-corrected chi connectivity index (χ1v) is 16.4. The summed E-state index contributed by atoms with van der Waals surface area (Å²) in [5.41, 5.74) is 5.21. The second-order valence-corrected chi connectivity index (χ2v) is 13.5. The first-order valence-electron chi connectivity index (χ1n) is 14.8. The number of furan rings is 1. The number of ether oxygens (including phenoxy) is 2. The van der Waals surface area contributed by atoms with Crippen molar-refractivity contribution < 1.29 is 49.5 Å². The molecule has 0 fully saturated rings. The normalized spacial score (nSPS) is 12.0. The van der Waals surface area contributed by atoms with Crippen LogP contribution in [0.15, 0.2) is 70.0 Å². The molecule has 0 saturated heterocycles. The van der Waals surface area contributed by atoms with Gasteiger partial charge >= 0.3 is 18.1 Å². The highest BCUT2D eigenvalue weighted by molar-refractivity contribution is 7.92. The highest BCUT2D eigenvalue weighted by Gasteiger charge is 2.35. The lowest BCUT2D eigenvalue weighted by Crippen LogP contribution is -2.23. The van der Waals surface area contributed by atoms with Crippen LogP contribution < -0.4 is 0 Å². The van der Waals surface area contributed by atoms with Gasteiger partial charge in [-0.2, -0.15) is 13.2 Å². The van der Waals surface area contributed by atoms with E-state index in [0.717, 1.165) is 54.0 Å². The molecule has 0 aliphatic heterocycles. The van der Waals surface area contributed by atoms with E-state index in [1.807, 2.05) is 37.8 Å². The summed E-state index contributed by atoms with van der Waals surface area (Å²) in [5.74, 6) is -4.73. The van der Waals surface area contributed by atoms with Crippen molar-refractivity contribution in [1.29, 1.82) is 0 Å². The van der Waals surface area contributed by atoms with E-state index in [1.165, 1.54) is 12.1 Å². The fourth-order valence-electron chi connectivity index (χ4n) is 5.41. The molecule has 0 radical (unpaired) electrons. The van der Waals surface area contributed by atoms with E-state index in [0.29, 0.717) is 18.7 Å². The van der Waals surface area contributed by atoms with Gasteiger partial charge in [-0.3, -0.25) is 14.5 Å². The Hall–Kier alpha value is -4.49. The zero-order valence-electron chi connectivity index (χ0n) is 27.0. The molecule has 0 aliphatic rings. The number of halogens is 4. The first kappa shape index (κ1) is 36.3. The van der Waals surface area contributed by atoms with Gasteiger partial charge in [-0.1, -0.05) is 42.0 Å². The number of carbonyl (C=O) groups excluding carboxylic acids is 2. The summed E-state index contributed by atoms with van der Waals surface area (Å²) < 4.78 is 95.8. The highest BCUT2D eigenvalue weighted by atomic mass is 32.2. The number of hydrogen-bond acceptors (Lipinski definition) is 8. The smallest absolute Gasteiger partial charge is 0.449 e. The van der Waals surface area contributed by atoms with Crippen LogP contribution in [0.3, 0.4) is 0 Å². The van der Waals surface area contributed by atoms with Gasteiger partial charge in [0.2, 0.25) is 5.76 Å². The summed E-state index contributed by atoms with van der Waals surface area (Å²) in [6, 6.07) is 15.4. The summed E-state index contributed by atoms with van der Waals surface area (Å²) in [7, 11) is -3.37. The van der Waals surface area contributed by atoms with E-state index in [4.69, 9.17) is 9.15 Å². The molecule has 0 aliphatic carbocycles. The third-order valence-electron chi connectivity index (χ3n) is 7.68. The van der Waals surface area contributed by atoms with Crippen LogP contribution in [-0.2, 0) is 61.3 Å². The van der Waals surface area contributed by atoms with Gasteiger partial charge in [0.15, 0.2) is 15.6 Å². The molecule has 48 heavy (non-hydrogen) atoms. The predicted octanol–water partition coefficient (Wildman–Crippen LogP) is 7.24. The second-order valence-electron chi connectivity index (χ2n) is 11.5. The minimum absolute atomic E-state index is 0.0843. The molecule has 256 valence electrons. The molecule has 1 aromatic heterocycles. The zero-order chi connectivity index (χ0) is 35.4. The number of aryl methyl sites for hydroxylation is 3. The fraction of sp³-hybridized carbons (Fsp3) is 0.314. The number of alkyl halides is 3. The number of methoxy groups -OCH3 is 1. The van der Waals surface area contributed by atoms with E-state index in [2.05, 4.69) is 4.74 Å². The summed E-state index contributed by atoms with van der Waals surface area (Å²) in [5, 5.41) is 0. The van der Waals surface area contributed by atoms with E-state index in [9.17, 15) is 31.2 Å². The fourth-order valence-corrected chi connectivity index (χ4v) is 6.83. The molecule has 3 aromatic carbocycles. The number of carbonyl (C=O) groups is 2. The Bertz CT molecular complexity index is 1890. The highest BCUT2D eigenvalue weighted by Crippen LogP contribution is 2.32. The molecule has 4 aromatic rings. The maximum absolute atomic E-state index is 15.4. The number of hydrogen-bond donors (Lipinski definition) is 0. The number of sulfone groups is 1. The van der Waals surface area contributed by atoms with Gasteiger partial charge in [0.05, 0.1) is 18.6 Å². The Labute approximate surface area is 276 Å². The van der Waals surface area contributed by atoms with Crippen LogP contribution in [0, 0.1) is 26.6 Å². The molecule has 8 nitrogen and oxygen atoms in total.